The molecule has 3 rings (SSSR count). The molecule has 29 heavy (non-hydrogen) atoms. The summed E-state index contributed by atoms with van der Waals surface area (Å²) in [5.41, 5.74) is 0.222. The Hall–Kier alpha value is -2.31. The van der Waals surface area contributed by atoms with Crippen LogP contribution in [0.5, 0.6) is 0 Å². The SMILES string of the molecule is N#CC(C#N)=C1N(CCCN2CCC(C#N)CC2)CCN1CCN1CCOCC1. The highest BCUT2D eigenvalue weighted by Gasteiger charge is 2.29. The molecule has 0 amide bonds. The minimum absolute atomic E-state index is 0.216. The lowest BCUT2D eigenvalue weighted by atomic mass is 9.98. The fraction of sp³-hybridized carbons (Fsp3) is 0.762. The van der Waals surface area contributed by atoms with Gasteiger partial charge in [0.15, 0.2) is 5.57 Å². The van der Waals surface area contributed by atoms with Gasteiger partial charge in [-0.3, -0.25) is 4.90 Å². The summed E-state index contributed by atoms with van der Waals surface area (Å²) in [6.45, 7) is 10.8. The van der Waals surface area contributed by atoms with E-state index in [-0.39, 0.29) is 11.5 Å². The van der Waals surface area contributed by atoms with Gasteiger partial charge in [0.05, 0.1) is 19.3 Å². The summed E-state index contributed by atoms with van der Waals surface area (Å²) in [7, 11) is 0. The highest BCUT2D eigenvalue weighted by Crippen LogP contribution is 2.23. The van der Waals surface area contributed by atoms with Crippen LogP contribution in [-0.2, 0) is 4.74 Å². The first kappa shape index (κ1) is 21.4. The lowest BCUT2D eigenvalue weighted by molar-refractivity contribution is 0.0351. The van der Waals surface area contributed by atoms with Gasteiger partial charge in [0.2, 0.25) is 0 Å². The van der Waals surface area contributed by atoms with Gasteiger partial charge < -0.3 is 19.4 Å². The van der Waals surface area contributed by atoms with Crippen molar-refractivity contribution in [3.05, 3.63) is 11.4 Å². The highest BCUT2D eigenvalue weighted by atomic mass is 16.5. The van der Waals surface area contributed by atoms with Gasteiger partial charge in [0, 0.05) is 51.7 Å². The number of rotatable bonds is 7. The van der Waals surface area contributed by atoms with Crippen molar-refractivity contribution < 1.29 is 4.74 Å². The van der Waals surface area contributed by atoms with Crippen LogP contribution < -0.4 is 0 Å². The molecule has 0 unspecified atom stereocenters. The predicted molar refractivity (Wildman–Crippen MR) is 108 cm³/mol. The number of nitrogens with zero attached hydrogens (tertiary/aromatic N) is 7. The number of likely N-dealkylation sites (tertiary alicyclic amines) is 1. The molecule has 156 valence electrons. The molecule has 3 fully saturated rings. The second-order valence-electron chi connectivity index (χ2n) is 7.95. The zero-order valence-electron chi connectivity index (χ0n) is 17.2. The van der Waals surface area contributed by atoms with Crippen molar-refractivity contribution in [2.24, 2.45) is 5.92 Å². The van der Waals surface area contributed by atoms with Crippen LogP contribution in [-0.4, -0.2) is 98.3 Å². The molecule has 0 bridgehead atoms. The van der Waals surface area contributed by atoms with Crippen LogP contribution in [0, 0.1) is 39.9 Å². The molecular weight excluding hydrogens is 366 g/mol. The van der Waals surface area contributed by atoms with Crippen LogP contribution in [0.4, 0.5) is 0 Å². The molecule has 3 saturated heterocycles. The minimum Gasteiger partial charge on any atom is -0.379 e. The number of nitriles is 3. The molecule has 0 spiro atoms. The van der Waals surface area contributed by atoms with Crippen LogP contribution in [0.25, 0.3) is 0 Å². The van der Waals surface area contributed by atoms with E-state index in [9.17, 15) is 10.5 Å². The standard InChI is InChI=1S/C21H31N7O/c22-16-19-2-6-25(7-3-19)4-1-5-27-10-11-28(21(27)20(17-23)18-24)9-8-26-12-14-29-15-13-26/h19H,1-15H2. The van der Waals surface area contributed by atoms with E-state index in [0.717, 1.165) is 104 Å². The third kappa shape index (κ3) is 5.84. The Morgan fingerprint density at radius 1 is 0.793 bits per heavy atom. The molecule has 0 N–H and O–H groups in total. The fourth-order valence-corrected chi connectivity index (χ4v) is 4.39. The molecular formula is C21H31N7O. The molecule has 0 aromatic heterocycles. The van der Waals surface area contributed by atoms with Crippen LogP contribution in [0.2, 0.25) is 0 Å². The minimum atomic E-state index is 0.216. The van der Waals surface area contributed by atoms with E-state index in [2.05, 4.69) is 37.8 Å². The maximum absolute atomic E-state index is 9.47. The Labute approximate surface area is 174 Å². The van der Waals surface area contributed by atoms with Gasteiger partial charge in [0.25, 0.3) is 0 Å². The molecule has 3 heterocycles. The summed E-state index contributed by atoms with van der Waals surface area (Å²) in [5.74, 6) is 1.03. The molecule has 3 aliphatic heterocycles. The Balaban J connectivity index is 1.51. The third-order valence-electron chi connectivity index (χ3n) is 6.15. The lowest BCUT2D eigenvalue weighted by Crippen LogP contribution is -2.41. The van der Waals surface area contributed by atoms with Gasteiger partial charge in [-0.15, -0.1) is 0 Å². The van der Waals surface area contributed by atoms with E-state index < -0.39 is 0 Å². The van der Waals surface area contributed by atoms with E-state index in [1.807, 2.05) is 0 Å². The van der Waals surface area contributed by atoms with Crippen molar-refractivity contribution in [3.63, 3.8) is 0 Å². The van der Waals surface area contributed by atoms with Crippen molar-refractivity contribution in [1.82, 2.24) is 19.6 Å². The molecule has 0 aromatic rings. The number of piperidine rings is 1. The molecule has 0 atom stereocenters. The van der Waals surface area contributed by atoms with Crippen LogP contribution >= 0.6 is 0 Å². The Morgan fingerprint density at radius 2 is 1.41 bits per heavy atom. The van der Waals surface area contributed by atoms with Crippen molar-refractivity contribution in [2.45, 2.75) is 19.3 Å². The number of hydrogen-bond donors (Lipinski definition) is 0. The van der Waals surface area contributed by atoms with E-state index in [1.54, 1.807) is 0 Å². The topological polar surface area (TPSA) is 93.6 Å². The Morgan fingerprint density at radius 3 is 2.03 bits per heavy atom. The first-order chi connectivity index (χ1) is 14.2. The number of hydrogen-bond acceptors (Lipinski definition) is 8. The lowest BCUT2D eigenvalue weighted by Gasteiger charge is -2.31. The molecule has 0 saturated carbocycles. The van der Waals surface area contributed by atoms with Gasteiger partial charge in [-0.2, -0.15) is 15.8 Å². The second-order valence-corrected chi connectivity index (χ2v) is 7.95. The first-order valence-electron chi connectivity index (χ1n) is 10.7. The summed E-state index contributed by atoms with van der Waals surface area (Å²) in [6, 6.07) is 6.59. The first-order valence-corrected chi connectivity index (χ1v) is 10.7. The highest BCUT2D eigenvalue weighted by molar-refractivity contribution is 5.40. The predicted octanol–water partition coefficient (Wildman–Crippen LogP) is 0.821. The average Bonchev–Trinajstić information content (AvgIpc) is 3.17. The summed E-state index contributed by atoms with van der Waals surface area (Å²) in [4.78, 5) is 9.23. The maximum atomic E-state index is 9.47. The zero-order chi connectivity index (χ0) is 20.5. The van der Waals surface area contributed by atoms with E-state index in [0.29, 0.717) is 0 Å². The van der Waals surface area contributed by atoms with Crippen molar-refractivity contribution in [1.29, 1.82) is 15.8 Å². The molecule has 0 radical (unpaired) electrons. The van der Waals surface area contributed by atoms with Crippen molar-refractivity contribution in [3.8, 4) is 18.2 Å². The summed E-state index contributed by atoms with van der Waals surface area (Å²) in [5, 5.41) is 28.0. The molecule has 8 nitrogen and oxygen atoms in total. The van der Waals surface area contributed by atoms with Crippen molar-refractivity contribution in [2.75, 3.05) is 78.7 Å². The zero-order valence-corrected chi connectivity index (χ0v) is 17.2. The quantitative estimate of drug-likeness (QED) is 0.583. The van der Waals surface area contributed by atoms with Crippen LogP contribution in [0.1, 0.15) is 19.3 Å². The number of allylic oxidation sites excluding steroid dienone is 1. The van der Waals surface area contributed by atoms with Gasteiger partial charge in [-0.05, 0) is 38.9 Å². The normalized spacial score (nSPS) is 21.6. The van der Waals surface area contributed by atoms with Gasteiger partial charge >= 0.3 is 0 Å². The second kappa shape index (κ2) is 11.0. The summed E-state index contributed by atoms with van der Waals surface area (Å²) >= 11 is 0. The van der Waals surface area contributed by atoms with Gasteiger partial charge in [-0.25, -0.2) is 0 Å². The largest absolute Gasteiger partial charge is 0.379 e. The molecule has 0 aromatic carbocycles. The van der Waals surface area contributed by atoms with Crippen molar-refractivity contribution >= 4 is 0 Å². The smallest absolute Gasteiger partial charge is 0.169 e. The fourth-order valence-electron chi connectivity index (χ4n) is 4.39. The van der Waals surface area contributed by atoms with Crippen LogP contribution in [0.15, 0.2) is 11.4 Å². The average molecular weight is 398 g/mol. The Kier molecular flexibility index (Phi) is 8.14. The molecule has 3 aliphatic rings. The van der Waals surface area contributed by atoms with E-state index in [4.69, 9.17) is 10.00 Å². The van der Waals surface area contributed by atoms with Gasteiger partial charge in [-0.1, -0.05) is 0 Å². The molecule has 8 heteroatoms. The molecule has 0 aliphatic carbocycles. The summed E-state index contributed by atoms with van der Waals surface area (Å²) < 4.78 is 5.41. The van der Waals surface area contributed by atoms with E-state index >= 15 is 0 Å². The summed E-state index contributed by atoms with van der Waals surface area (Å²) in [6.07, 6.45) is 2.93. The Bertz CT molecular complexity index is 671. The monoisotopic (exact) mass is 397 g/mol. The van der Waals surface area contributed by atoms with E-state index in [1.165, 1.54) is 0 Å². The third-order valence-corrected chi connectivity index (χ3v) is 6.15. The van der Waals surface area contributed by atoms with Crippen LogP contribution in [0.3, 0.4) is 0 Å². The number of morpholine rings is 1. The number of ether oxygens (including phenoxy) is 1. The van der Waals surface area contributed by atoms with Gasteiger partial charge in [0.1, 0.15) is 18.0 Å². The maximum Gasteiger partial charge on any atom is 0.169 e.